The molecule has 1 aromatic heterocycles. The normalized spacial score (nSPS) is 23.8. The number of ether oxygens (including phenoxy) is 1. The highest BCUT2D eigenvalue weighted by Gasteiger charge is 2.27. The van der Waals surface area contributed by atoms with Gasteiger partial charge in [-0.2, -0.15) is 5.26 Å². The lowest BCUT2D eigenvalue weighted by Gasteiger charge is -2.38. The third-order valence-corrected chi connectivity index (χ3v) is 3.57. The molecule has 2 heterocycles. The van der Waals surface area contributed by atoms with Crippen molar-refractivity contribution in [2.24, 2.45) is 0 Å². The number of rotatable bonds is 2. The topological polar surface area (TPSA) is 49.1 Å². The fourth-order valence-electron chi connectivity index (χ4n) is 2.51. The number of aromatic nitrogens is 1. The lowest BCUT2D eigenvalue weighted by molar-refractivity contribution is 0.0719. The van der Waals surface area contributed by atoms with Crippen LogP contribution in [0.1, 0.15) is 31.0 Å². The first-order valence-electron chi connectivity index (χ1n) is 6.33. The average molecular weight is 245 g/mol. The Bertz CT molecular complexity index is 467. The Balaban J connectivity index is 2.27. The molecule has 0 amide bonds. The van der Waals surface area contributed by atoms with Crippen LogP contribution in [0.3, 0.4) is 0 Å². The summed E-state index contributed by atoms with van der Waals surface area (Å²) >= 11 is 0. The molecule has 1 aliphatic heterocycles. The van der Waals surface area contributed by atoms with Crippen molar-refractivity contribution in [1.29, 1.82) is 5.26 Å². The molecule has 18 heavy (non-hydrogen) atoms. The van der Waals surface area contributed by atoms with E-state index in [9.17, 15) is 5.26 Å². The molecule has 2 atom stereocenters. The van der Waals surface area contributed by atoms with Crippen molar-refractivity contribution in [3.05, 3.63) is 23.4 Å². The minimum Gasteiger partial charge on any atom is -0.381 e. The number of hydrogen-bond acceptors (Lipinski definition) is 4. The maximum Gasteiger partial charge on any atom is 0.147 e. The molecule has 1 aliphatic rings. The molecule has 0 aromatic carbocycles. The number of nitriles is 1. The van der Waals surface area contributed by atoms with Crippen molar-refractivity contribution in [2.45, 2.75) is 38.8 Å². The summed E-state index contributed by atoms with van der Waals surface area (Å²) in [6.45, 7) is 5.01. The first-order chi connectivity index (χ1) is 8.65. The van der Waals surface area contributed by atoms with Crippen LogP contribution >= 0.6 is 0 Å². The Morgan fingerprint density at radius 2 is 2.28 bits per heavy atom. The summed E-state index contributed by atoms with van der Waals surface area (Å²) in [6, 6.07) is 6.32. The zero-order chi connectivity index (χ0) is 13.1. The van der Waals surface area contributed by atoms with E-state index in [4.69, 9.17) is 4.74 Å². The molecule has 0 bridgehead atoms. The molecular weight excluding hydrogens is 226 g/mol. The van der Waals surface area contributed by atoms with Crippen LogP contribution in [0.5, 0.6) is 0 Å². The first-order valence-corrected chi connectivity index (χ1v) is 6.33. The largest absolute Gasteiger partial charge is 0.381 e. The van der Waals surface area contributed by atoms with Gasteiger partial charge in [-0.15, -0.1) is 0 Å². The van der Waals surface area contributed by atoms with E-state index >= 15 is 0 Å². The van der Waals surface area contributed by atoms with E-state index in [-0.39, 0.29) is 0 Å². The van der Waals surface area contributed by atoms with Crippen molar-refractivity contribution in [2.75, 3.05) is 18.6 Å². The lowest BCUT2D eigenvalue weighted by atomic mass is 10.00. The summed E-state index contributed by atoms with van der Waals surface area (Å²) in [5.74, 6) is 0.819. The van der Waals surface area contributed by atoms with Crippen LogP contribution in [-0.4, -0.2) is 30.8 Å². The maximum absolute atomic E-state index is 9.18. The molecule has 96 valence electrons. The summed E-state index contributed by atoms with van der Waals surface area (Å²) in [5, 5.41) is 9.18. The molecular formula is C14H19N3O. The van der Waals surface area contributed by atoms with E-state index in [0.717, 1.165) is 30.9 Å². The molecule has 0 radical (unpaired) electrons. The Labute approximate surface area is 108 Å². The van der Waals surface area contributed by atoms with Gasteiger partial charge in [-0.3, -0.25) is 0 Å². The Hall–Kier alpha value is -1.60. The van der Waals surface area contributed by atoms with E-state index < -0.39 is 0 Å². The van der Waals surface area contributed by atoms with E-state index in [1.165, 1.54) is 0 Å². The van der Waals surface area contributed by atoms with Gasteiger partial charge < -0.3 is 9.64 Å². The fraction of sp³-hybridized carbons (Fsp3) is 0.571. The van der Waals surface area contributed by atoms with Gasteiger partial charge >= 0.3 is 0 Å². The second-order valence-electron chi connectivity index (χ2n) is 4.86. The van der Waals surface area contributed by atoms with Gasteiger partial charge in [0.25, 0.3) is 0 Å². The number of aryl methyl sites for hydroxylation is 1. The molecule has 1 aromatic rings. The fourth-order valence-corrected chi connectivity index (χ4v) is 2.51. The lowest BCUT2D eigenvalue weighted by Crippen LogP contribution is -2.44. The highest BCUT2D eigenvalue weighted by atomic mass is 16.5. The van der Waals surface area contributed by atoms with Gasteiger partial charge in [-0.25, -0.2) is 4.98 Å². The highest BCUT2D eigenvalue weighted by molar-refractivity contribution is 5.55. The molecule has 2 unspecified atom stereocenters. The summed E-state index contributed by atoms with van der Waals surface area (Å²) in [4.78, 5) is 6.75. The molecule has 0 aliphatic carbocycles. The third-order valence-electron chi connectivity index (χ3n) is 3.57. The number of piperidine rings is 1. The van der Waals surface area contributed by atoms with Gasteiger partial charge in [0.05, 0.1) is 11.7 Å². The molecule has 4 nitrogen and oxygen atoms in total. The van der Waals surface area contributed by atoms with Gasteiger partial charge in [-0.05, 0) is 38.8 Å². The Kier molecular flexibility index (Phi) is 3.83. The van der Waals surface area contributed by atoms with Crippen molar-refractivity contribution in [1.82, 2.24) is 4.98 Å². The molecule has 0 spiro atoms. The number of anilines is 1. The molecule has 2 rings (SSSR count). The Morgan fingerprint density at radius 1 is 1.50 bits per heavy atom. The number of pyridine rings is 1. The van der Waals surface area contributed by atoms with Gasteiger partial charge in [0.2, 0.25) is 0 Å². The number of methoxy groups -OCH3 is 1. The average Bonchev–Trinajstić information content (AvgIpc) is 2.38. The van der Waals surface area contributed by atoms with Gasteiger partial charge in [0.15, 0.2) is 0 Å². The van der Waals surface area contributed by atoms with Crippen LogP contribution in [0, 0.1) is 18.3 Å². The summed E-state index contributed by atoms with van der Waals surface area (Å²) in [5.41, 5.74) is 1.60. The molecule has 0 N–H and O–H groups in total. The van der Waals surface area contributed by atoms with E-state index in [0.29, 0.717) is 17.7 Å². The van der Waals surface area contributed by atoms with Crippen molar-refractivity contribution in [3.8, 4) is 6.07 Å². The first kappa shape index (κ1) is 12.8. The zero-order valence-corrected chi connectivity index (χ0v) is 11.2. The van der Waals surface area contributed by atoms with Crippen LogP contribution < -0.4 is 4.90 Å². The quantitative estimate of drug-likeness (QED) is 0.802. The van der Waals surface area contributed by atoms with Crippen LogP contribution in [0.4, 0.5) is 5.82 Å². The van der Waals surface area contributed by atoms with Gasteiger partial charge in [0, 0.05) is 25.4 Å². The van der Waals surface area contributed by atoms with Crippen molar-refractivity contribution >= 4 is 5.82 Å². The SMILES string of the molecule is COC1CCN(c2nc(C)ccc2C#N)C(C)C1. The monoisotopic (exact) mass is 245 g/mol. The standard InChI is InChI=1S/C14H19N3O/c1-10-4-5-12(9-15)14(16-10)17-7-6-13(18-3)8-11(17)2/h4-5,11,13H,6-8H2,1-3H3. The predicted molar refractivity (Wildman–Crippen MR) is 70.5 cm³/mol. The van der Waals surface area contributed by atoms with Crippen molar-refractivity contribution in [3.63, 3.8) is 0 Å². The van der Waals surface area contributed by atoms with Crippen LogP contribution in [0.25, 0.3) is 0 Å². The summed E-state index contributed by atoms with van der Waals surface area (Å²) < 4.78 is 5.41. The smallest absolute Gasteiger partial charge is 0.147 e. The Morgan fingerprint density at radius 3 is 2.89 bits per heavy atom. The molecule has 4 heteroatoms. The summed E-state index contributed by atoms with van der Waals surface area (Å²) in [6.07, 6.45) is 2.30. The van der Waals surface area contributed by atoms with E-state index in [1.807, 2.05) is 19.1 Å². The van der Waals surface area contributed by atoms with Crippen molar-refractivity contribution < 1.29 is 4.74 Å². The van der Waals surface area contributed by atoms with Crippen LogP contribution in [0.2, 0.25) is 0 Å². The van der Waals surface area contributed by atoms with Crippen LogP contribution in [0.15, 0.2) is 12.1 Å². The number of nitrogens with zero attached hydrogens (tertiary/aromatic N) is 3. The van der Waals surface area contributed by atoms with Gasteiger partial charge in [-0.1, -0.05) is 0 Å². The maximum atomic E-state index is 9.18. The highest BCUT2D eigenvalue weighted by Crippen LogP contribution is 2.27. The molecule has 1 fully saturated rings. The van der Waals surface area contributed by atoms with E-state index in [1.54, 1.807) is 7.11 Å². The second-order valence-corrected chi connectivity index (χ2v) is 4.86. The zero-order valence-electron chi connectivity index (χ0n) is 11.2. The predicted octanol–water partition coefficient (Wildman–Crippen LogP) is 2.27. The second kappa shape index (κ2) is 5.36. The minimum absolute atomic E-state index is 0.326. The number of hydrogen-bond donors (Lipinski definition) is 0. The third kappa shape index (κ3) is 2.46. The summed E-state index contributed by atoms with van der Waals surface area (Å²) in [7, 11) is 1.76. The molecule has 0 saturated carbocycles. The van der Waals surface area contributed by atoms with E-state index in [2.05, 4.69) is 22.9 Å². The van der Waals surface area contributed by atoms with Gasteiger partial charge in [0.1, 0.15) is 11.9 Å². The minimum atomic E-state index is 0.326. The molecule has 1 saturated heterocycles. The van der Waals surface area contributed by atoms with Crippen LogP contribution in [-0.2, 0) is 4.74 Å².